The van der Waals surface area contributed by atoms with Gasteiger partial charge in [-0.1, -0.05) is 20.8 Å². The van der Waals surface area contributed by atoms with Gasteiger partial charge in [0, 0.05) is 18.4 Å². The number of rotatable bonds is 8. The number of carbonyl (C=O) groups is 1. The van der Waals surface area contributed by atoms with E-state index in [0.29, 0.717) is 25.8 Å². The van der Waals surface area contributed by atoms with Gasteiger partial charge in [0.15, 0.2) is 0 Å². The molecule has 0 saturated heterocycles. The molecule has 0 aromatic carbocycles. The van der Waals surface area contributed by atoms with Crippen LogP contribution < -0.4 is 10.6 Å². The smallest absolute Gasteiger partial charge is 0.140 e. The normalized spacial score (nSPS) is 13.8. The monoisotopic (exact) mass is 230 g/mol. The van der Waals surface area contributed by atoms with Crippen LogP contribution in [0.3, 0.4) is 0 Å². The Morgan fingerprint density at radius 2 is 1.94 bits per heavy atom. The highest BCUT2D eigenvalue weighted by Crippen LogP contribution is 2.16. The van der Waals surface area contributed by atoms with Crippen LogP contribution in [0, 0.1) is 5.41 Å². The van der Waals surface area contributed by atoms with Crippen LogP contribution in [0.25, 0.3) is 0 Å². The van der Waals surface area contributed by atoms with E-state index in [2.05, 4.69) is 10.6 Å². The zero-order valence-electron chi connectivity index (χ0n) is 11.2. The number of ketones is 1. The number of ether oxygens (including phenoxy) is 1. The lowest BCUT2D eigenvalue weighted by molar-refractivity contribution is -0.127. The molecule has 1 unspecified atom stereocenters. The standard InChI is InChI=1S/C12H26N2O2/c1-10(13-5)14-7-9-16-8-6-11(15)12(2,3)4/h10,13-14H,6-9H2,1-5H3. The maximum absolute atomic E-state index is 11.5. The molecule has 0 saturated carbocycles. The molecule has 0 aliphatic heterocycles. The van der Waals surface area contributed by atoms with E-state index in [-0.39, 0.29) is 11.2 Å². The molecule has 1 atom stereocenters. The average molecular weight is 230 g/mol. The van der Waals surface area contributed by atoms with Crippen molar-refractivity contribution in [2.75, 3.05) is 26.8 Å². The molecule has 0 bridgehead atoms. The van der Waals surface area contributed by atoms with Crippen molar-refractivity contribution >= 4 is 5.78 Å². The van der Waals surface area contributed by atoms with E-state index in [4.69, 9.17) is 4.74 Å². The molecule has 0 fully saturated rings. The van der Waals surface area contributed by atoms with E-state index >= 15 is 0 Å². The van der Waals surface area contributed by atoms with Crippen molar-refractivity contribution in [2.24, 2.45) is 5.41 Å². The van der Waals surface area contributed by atoms with Crippen molar-refractivity contribution < 1.29 is 9.53 Å². The summed E-state index contributed by atoms with van der Waals surface area (Å²) in [4.78, 5) is 11.5. The van der Waals surface area contributed by atoms with Crippen molar-refractivity contribution in [1.29, 1.82) is 0 Å². The summed E-state index contributed by atoms with van der Waals surface area (Å²) in [5, 5.41) is 6.30. The number of hydrogen-bond acceptors (Lipinski definition) is 4. The van der Waals surface area contributed by atoms with Crippen LogP contribution in [0.15, 0.2) is 0 Å². The minimum absolute atomic E-state index is 0.248. The van der Waals surface area contributed by atoms with Gasteiger partial charge in [-0.05, 0) is 14.0 Å². The Kier molecular flexibility index (Phi) is 7.55. The predicted octanol–water partition coefficient (Wildman–Crippen LogP) is 1.16. The van der Waals surface area contributed by atoms with Crippen LogP contribution >= 0.6 is 0 Å². The van der Waals surface area contributed by atoms with Crippen LogP contribution in [-0.2, 0) is 9.53 Å². The molecule has 0 rings (SSSR count). The van der Waals surface area contributed by atoms with Gasteiger partial charge < -0.3 is 10.1 Å². The first-order chi connectivity index (χ1) is 7.38. The van der Waals surface area contributed by atoms with Gasteiger partial charge in [0.05, 0.1) is 19.4 Å². The first kappa shape index (κ1) is 15.6. The largest absolute Gasteiger partial charge is 0.380 e. The van der Waals surface area contributed by atoms with Gasteiger partial charge in [-0.3, -0.25) is 10.1 Å². The van der Waals surface area contributed by atoms with Gasteiger partial charge in [-0.25, -0.2) is 0 Å². The van der Waals surface area contributed by atoms with E-state index in [1.807, 2.05) is 34.7 Å². The van der Waals surface area contributed by atoms with Gasteiger partial charge in [0.25, 0.3) is 0 Å². The van der Waals surface area contributed by atoms with Crippen LogP contribution in [0.2, 0.25) is 0 Å². The van der Waals surface area contributed by atoms with Gasteiger partial charge in [-0.15, -0.1) is 0 Å². The summed E-state index contributed by atoms with van der Waals surface area (Å²) in [7, 11) is 1.90. The fraction of sp³-hybridized carbons (Fsp3) is 0.917. The maximum atomic E-state index is 11.5. The summed E-state index contributed by atoms with van der Waals surface area (Å²) in [5.41, 5.74) is -0.248. The van der Waals surface area contributed by atoms with Crippen LogP contribution in [-0.4, -0.2) is 38.8 Å². The highest BCUT2D eigenvalue weighted by molar-refractivity contribution is 5.83. The lowest BCUT2D eigenvalue weighted by atomic mass is 9.89. The van der Waals surface area contributed by atoms with Crippen molar-refractivity contribution in [2.45, 2.75) is 40.3 Å². The van der Waals surface area contributed by atoms with Crippen molar-refractivity contribution in [3.05, 3.63) is 0 Å². The zero-order valence-corrected chi connectivity index (χ0v) is 11.2. The molecule has 0 aliphatic rings. The number of hydrogen-bond donors (Lipinski definition) is 2. The first-order valence-corrected chi connectivity index (χ1v) is 5.89. The average Bonchev–Trinajstić information content (AvgIpc) is 2.20. The maximum Gasteiger partial charge on any atom is 0.140 e. The van der Waals surface area contributed by atoms with Crippen LogP contribution in [0.4, 0.5) is 0 Å². The first-order valence-electron chi connectivity index (χ1n) is 5.89. The second-order valence-corrected chi connectivity index (χ2v) is 5.00. The van der Waals surface area contributed by atoms with Crippen LogP contribution in [0.1, 0.15) is 34.1 Å². The Morgan fingerprint density at radius 1 is 1.31 bits per heavy atom. The Labute approximate surface area is 99.1 Å². The van der Waals surface area contributed by atoms with Crippen molar-refractivity contribution in [3.8, 4) is 0 Å². The molecule has 0 heterocycles. The van der Waals surface area contributed by atoms with E-state index in [9.17, 15) is 4.79 Å². The summed E-state index contributed by atoms with van der Waals surface area (Å²) in [5.74, 6) is 0.254. The quantitative estimate of drug-likeness (QED) is 0.485. The predicted molar refractivity (Wildman–Crippen MR) is 66.4 cm³/mol. The summed E-state index contributed by atoms with van der Waals surface area (Å²) in [6, 6.07) is 0. The Balaban J connectivity index is 3.38. The van der Waals surface area contributed by atoms with E-state index in [1.165, 1.54) is 0 Å². The van der Waals surface area contributed by atoms with Gasteiger partial charge in [0.2, 0.25) is 0 Å². The van der Waals surface area contributed by atoms with E-state index in [1.54, 1.807) is 0 Å². The van der Waals surface area contributed by atoms with E-state index < -0.39 is 0 Å². The molecule has 0 spiro atoms. The lowest BCUT2D eigenvalue weighted by Gasteiger charge is -2.16. The third-order valence-electron chi connectivity index (χ3n) is 2.44. The van der Waals surface area contributed by atoms with Gasteiger partial charge >= 0.3 is 0 Å². The molecule has 96 valence electrons. The van der Waals surface area contributed by atoms with Crippen LogP contribution in [0.5, 0.6) is 0 Å². The highest BCUT2D eigenvalue weighted by Gasteiger charge is 2.20. The number of Topliss-reactive ketones (excluding diaryl/α,β-unsaturated/α-hetero) is 1. The number of nitrogens with one attached hydrogen (secondary N) is 2. The molecule has 0 radical (unpaired) electrons. The third-order valence-corrected chi connectivity index (χ3v) is 2.44. The molecular weight excluding hydrogens is 204 g/mol. The molecular formula is C12H26N2O2. The summed E-state index contributed by atoms with van der Waals surface area (Å²) in [6.07, 6.45) is 0.797. The molecule has 0 aliphatic carbocycles. The summed E-state index contributed by atoms with van der Waals surface area (Å²) < 4.78 is 5.38. The van der Waals surface area contributed by atoms with Crippen molar-refractivity contribution in [3.63, 3.8) is 0 Å². The summed E-state index contributed by atoms with van der Waals surface area (Å²) in [6.45, 7) is 9.81. The molecule has 0 amide bonds. The second-order valence-electron chi connectivity index (χ2n) is 5.00. The second kappa shape index (κ2) is 7.76. The molecule has 0 aromatic rings. The van der Waals surface area contributed by atoms with Gasteiger partial charge in [0.1, 0.15) is 5.78 Å². The van der Waals surface area contributed by atoms with E-state index in [0.717, 1.165) is 6.54 Å². The molecule has 4 heteroatoms. The minimum Gasteiger partial charge on any atom is -0.380 e. The van der Waals surface area contributed by atoms with Gasteiger partial charge in [-0.2, -0.15) is 0 Å². The topological polar surface area (TPSA) is 50.4 Å². The Morgan fingerprint density at radius 3 is 2.44 bits per heavy atom. The molecule has 16 heavy (non-hydrogen) atoms. The Hall–Kier alpha value is -0.450. The zero-order chi connectivity index (χ0) is 12.6. The fourth-order valence-electron chi connectivity index (χ4n) is 1.09. The summed E-state index contributed by atoms with van der Waals surface area (Å²) >= 11 is 0. The van der Waals surface area contributed by atoms with Crippen molar-refractivity contribution in [1.82, 2.24) is 10.6 Å². The lowest BCUT2D eigenvalue weighted by Crippen LogP contribution is -2.39. The Bertz CT molecular complexity index is 200. The molecule has 0 aromatic heterocycles. The third kappa shape index (κ3) is 7.79. The molecule has 2 N–H and O–H groups in total. The minimum atomic E-state index is -0.248. The fourth-order valence-corrected chi connectivity index (χ4v) is 1.09. The molecule has 4 nitrogen and oxygen atoms in total. The number of carbonyl (C=O) groups excluding carboxylic acids is 1. The SMILES string of the molecule is CNC(C)NCCOCCC(=O)C(C)(C)C. The highest BCUT2D eigenvalue weighted by atomic mass is 16.5.